The lowest BCUT2D eigenvalue weighted by molar-refractivity contribution is -0.274. The van der Waals surface area contributed by atoms with E-state index in [1.54, 1.807) is 0 Å². The van der Waals surface area contributed by atoms with Gasteiger partial charge in [-0.3, -0.25) is 4.79 Å². The molecule has 0 aliphatic heterocycles. The van der Waals surface area contributed by atoms with E-state index in [0.29, 0.717) is 10.2 Å². The fraction of sp³-hybridized carbons (Fsp3) is 0.500. The number of alkyl halides is 3. The van der Waals surface area contributed by atoms with Gasteiger partial charge in [-0.1, -0.05) is 30.6 Å². The minimum atomic E-state index is -4.78. The lowest BCUT2D eigenvalue weighted by Gasteiger charge is -2.36. The molecule has 0 atom stereocenters. The summed E-state index contributed by atoms with van der Waals surface area (Å²) < 4.78 is 41.4. The Morgan fingerprint density at radius 2 is 1.97 bits per heavy atom. The summed E-state index contributed by atoms with van der Waals surface area (Å²) in [6.45, 7) is 0.202. The van der Waals surface area contributed by atoms with E-state index in [-0.39, 0.29) is 29.8 Å². The first-order chi connectivity index (χ1) is 13.6. The number of rotatable bonds is 6. The maximum absolute atomic E-state index is 12.6. The number of halogens is 3. The highest BCUT2D eigenvalue weighted by atomic mass is 32.1. The van der Waals surface area contributed by atoms with Crippen molar-refractivity contribution in [1.82, 2.24) is 10.3 Å². The van der Waals surface area contributed by atoms with Crippen LogP contribution in [0.5, 0.6) is 5.75 Å². The molecule has 1 aliphatic carbocycles. The van der Waals surface area contributed by atoms with Crippen molar-refractivity contribution in [3.63, 3.8) is 0 Å². The van der Waals surface area contributed by atoms with Crippen LogP contribution in [0.1, 0.15) is 38.5 Å². The van der Waals surface area contributed by atoms with Crippen molar-refractivity contribution in [3.05, 3.63) is 18.2 Å². The third-order valence-corrected chi connectivity index (χ3v) is 5.84. The van der Waals surface area contributed by atoms with E-state index in [4.69, 9.17) is 5.11 Å². The molecule has 3 N–H and O–H groups in total. The maximum Gasteiger partial charge on any atom is 0.573 e. The van der Waals surface area contributed by atoms with Crippen LogP contribution in [0.25, 0.3) is 10.2 Å². The predicted octanol–water partition coefficient (Wildman–Crippen LogP) is 4.74. The third-order valence-electron chi connectivity index (χ3n) is 4.90. The average molecular weight is 431 g/mol. The summed E-state index contributed by atoms with van der Waals surface area (Å²) in [5.74, 6) is -0.655. The first-order valence-corrected chi connectivity index (χ1v) is 9.89. The molecule has 1 fully saturated rings. The molecule has 0 spiro atoms. The smallest absolute Gasteiger partial charge is 0.465 e. The Balaban J connectivity index is 1.68. The van der Waals surface area contributed by atoms with Gasteiger partial charge in [0.2, 0.25) is 5.91 Å². The SMILES string of the molecule is O=C(O)NCC1(CC(=O)Nc2nc3ccc(OC(F)(F)F)cc3s2)CCCCC1. The number of hydrogen-bond donors (Lipinski definition) is 3. The van der Waals surface area contributed by atoms with Crippen molar-refractivity contribution >= 4 is 38.7 Å². The zero-order valence-electron chi connectivity index (χ0n) is 15.3. The molecular formula is C18H20F3N3O4S. The molecule has 2 aromatic rings. The van der Waals surface area contributed by atoms with Crippen LogP contribution in [0.2, 0.25) is 0 Å². The summed E-state index contributed by atoms with van der Waals surface area (Å²) in [4.78, 5) is 27.7. The molecule has 0 bridgehead atoms. The van der Waals surface area contributed by atoms with Crippen LogP contribution in [0.15, 0.2) is 18.2 Å². The number of thiazole rings is 1. The largest absolute Gasteiger partial charge is 0.573 e. The highest BCUT2D eigenvalue weighted by Crippen LogP contribution is 2.39. The third kappa shape index (κ3) is 5.96. The second-order valence-electron chi connectivity index (χ2n) is 7.14. The number of nitrogens with one attached hydrogen (secondary N) is 2. The maximum atomic E-state index is 12.6. The van der Waals surface area contributed by atoms with E-state index >= 15 is 0 Å². The molecule has 0 unspecified atom stereocenters. The van der Waals surface area contributed by atoms with Gasteiger partial charge >= 0.3 is 12.5 Å². The van der Waals surface area contributed by atoms with Crippen molar-refractivity contribution in [2.45, 2.75) is 44.9 Å². The van der Waals surface area contributed by atoms with Gasteiger partial charge in [-0.2, -0.15) is 0 Å². The van der Waals surface area contributed by atoms with Crippen molar-refractivity contribution in [2.75, 3.05) is 11.9 Å². The van der Waals surface area contributed by atoms with Crippen LogP contribution in [-0.2, 0) is 4.79 Å². The molecule has 1 saturated carbocycles. The Morgan fingerprint density at radius 3 is 2.62 bits per heavy atom. The number of hydrogen-bond acceptors (Lipinski definition) is 5. The van der Waals surface area contributed by atoms with E-state index in [9.17, 15) is 22.8 Å². The molecule has 11 heteroatoms. The number of fused-ring (bicyclic) bond motifs is 1. The van der Waals surface area contributed by atoms with Crippen molar-refractivity contribution in [1.29, 1.82) is 0 Å². The summed E-state index contributed by atoms with van der Waals surface area (Å²) in [5, 5.41) is 14.2. The minimum absolute atomic E-state index is 0.144. The zero-order valence-corrected chi connectivity index (χ0v) is 16.2. The quantitative estimate of drug-likeness (QED) is 0.613. The van der Waals surface area contributed by atoms with Crippen LogP contribution in [0.4, 0.5) is 23.1 Å². The molecule has 29 heavy (non-hydrogen) atoms. The van der Waals surface area contributed by atoms with Crippen molar-refractivity contribution in [3.8, 4) is 5.75 Å². The minimum Gasteiger partial charge on any atom is -0.465 e. The zero-order chi connectivity index (χ0) is 21.1. The van der Waals surface area contributed by atoms with Gasteiger partial charge in [0.15, 0.2) is 5.13 Å². The standard InChI is InChI=1S/C18H20F3N3O4S/c19-18(20,21)28-11-4-5-12-13(8-11)29-15(23-12)24-14(25)9-17(10-22-16(26)27)6-2-1-3-7-17/h4-5,8,22H,1-3,6-7,9-10H2,(H,26,27)(H,23,24,25). The number of ether oxygens (including phenoxy) is 1. The summed E-state index contributed by atoms with van der Waals surface area (Å²) >= 11 is 1.04. The molecular weight excluding hydrogens is 411 g/mol. The van der Waals surface area contributed by atoms with Gasteiger partial charge < -0.3 is 20.5 Å². The molecule has 1 aromatic heterocycles. The van der Waals surface area contributed by atoms with Crippen LogP contribution in [0, 0.1) is 5.41 Å². The van der Waals surface area contributed by atoms with Gasteiger partial charge in [-0.05, 0) is 30.4 Å². The normalized spacial score (nSPS) is 16.4. The fourth-order valence-electron chi connectivity index (χ4n) is 3.64. The Bertz CT molecular complexity index is 894. The van der Waals surface area contributed by atoms with Crippen molar-refractivity contribution < 1.29 is 32.6 Å². The van der Waals surface area contributed by atoms with Crippen LogP contribution in [-0.4, -0.2) is 35.0 Å². The van der Waals surface area contributed by atoms with Gasteiger partial charge in [0.25, 0.3) is 0 Å². The second kappa shape index (κ2) is 8.44. The predicted molar refractivity (Wildman–Crippen MR) is 101 cm³/mol. The number of nitrogens with zero attached hydrogens (tertiary/aromatic N) is 1. The van der Waals surface area contributed by atoms with Crippen LogP contribution in [0.3, 0.4) is 0 Å². The van der Waals surface area contributed by atoms with Gasteiger partial charge in [0.1, 0.15) is 5.75 Å². The molecule has 1 heterocycles. The first kappa shape index (κ1) is 21.2. The summed E-state index contributed by atoms with van der Waals surface area (Å²) in [7, 11) is 0. The number of anilines is 1. The summed E-state index contributed by atoms with van der Waals surface area (Å²) in [6.07, 6.45) is -1.36. The summed E-state index contributed by atoms with van der Waals surface area (Å²) in [6, 6.07) is 3.77. The van der Waals surface area contributed by atoms with Crippen LogP contribution < -0.4 is 15.4 Å². The monoisotopic (exact) mass is 431 g/mol. The lowest BCUT2D eigenvalue weighted by atomic mass is 9.71. The van der Waals surface area contributed by atoms with E-state index in [1.807, 2.05) is 0 Å². The Morgan fingerprint density at radius 1 is 1.24 bits per heavy atom. The molecule has 1 aliphatic rings. The van der Waals surface area contributed by atoms with E-state index in [0.717, 1.165) is 49.5 Å². The number of benzene rings is 1. The number of amides is 2. The molecule has 1 aromatic carbocycles. The number of carboxylic acid groups (broad SMARTS) is 1. The fourth-order valence-corrected chi connectivity index (χ4v) is 4.55. The van der Waals surface area contributed by atoms with Crippen molar-refractivity contribution in [2.24, 2.45) is 5.41 Å². The molecule has 0 saturated heterocycles. The highest BCUT2D eigenvalue weighted by molar-refractivity contribution is 7.22. The van der Waals surface area contributed by atoms with Gasteiger partial charge in [0, 0.05) is 19.0 Å². The molecule has 158 valence electrons. The van der Waals surface area contributed by atoms with Crippen LogP contribution >= 0.6 is 11.3 Å². The Kier molecular flexibility index (Phi) is 6.15. The average Bonchev–Trinajstić information content (AvgIpc) is 3.00. The molecule has 3 rings (SSSR count). The van der Waals surface area contributed by atoms with E-state index in [1.165, 1.54) is 12.1 Å². The second-order valence-corrected chi connectivity index (χ2v) is 8.17. The van der Waals surface area contributed by atoms with Gasteiger partial charge in [0.05, 0.1) is 10.2 Å². The molecule has 2 amide bonds. The Hall–Kier alpha value is -2.56. The van der Waals surface area contributed by atoms with E-state index in [2.05, 4.69) is 20.4 Å². The molecule has 7 nitrogen and oxygen atoms in total. The topological polar surface area (TPSA) is 101 Å². The van der Waals surface area contributed by atoms with E-state index < -0.39 is 17.9 Å². The number of aromatic nitrogens is 1. The highest BCUT2D eigenvalue weighted by Gasteiger charge is 2.35. The van der Waals surface area contributed by atoms with Gasteiger partial charge in [-0.25, -0.2) is 9.78 Å². The number of carbonyl (C=O) groups excluding carboxylic acids is 1. The summed E-state index contributed by atoms with van der Waals surface area (Å²) in [5.41, 5.74) is 0.00485. The molecule has 0 radical (unpaired) electrons. The lowest BCUT2D eigenvalue weighted by Crippen LogP contribution is -2.40. The Labute approximate surface area is 168 Å². The first-order valence-electron chi connectivity index (χ1n) is 9.07. The number of carbonyl (C=O) groups is 2. The van der Waals surface area contributed by atoms with Gasteiger partial charge in [-0.15, -0.1) is 13.2 Å².